The van der Waals surface area contributed by atoms with Gasteiger partial charge in [-0.3, -0.25) is 0 Å². The van der Waals surface area contributed by atoms with Crippen molar-refractivity contribution < 1.29 is 0 Å². The van der Waals surface area contributed by atoms with Gasteiger partial charge in [0.15, 0.2) is 5.82 Å². The van der Waals surface area contributed by atoms with Crippen LogP contribution in [0.25, 0.3) is 61.4 Å². The Hall–Kier alpha value is -8.54. The zero-order chi connectivity index (χ0) is 44.6. The molecule has 0 amide bonds. The second kappa shape index (κ2) is 17.2. The van der Waals surface area contributed by atoms with Crippen LogP contribution < -0.4 is 9.80 Å². The summed E-state index contributed by atoms with van der Waals surface area (Å²) in [6.07, 6.45) is 0. The normalized spacial score (nSPS) is 11.3. The largest absolute Gasteiger partial charge is 0.310 e. The van der Waals surface area contributed by atoms with Crippen LogP contribution in [0.3, 0.4) is 0 Å². The molecule has 11 rings (SSSR count). The smallest absolute Gasteiger partial charge is 0.160 e. The van der Waals surface area contributed by atoms with Gasteiger partial charge in [-0.25, -0.2) is 9.97 Å². The monoisotopic (exact) mass is 849 g/mol. The molecule has 0 atom stereocenters. The summed E-state index contributed by atoms with van der Waals surface area (Å²) < 4.78 is 2.41. The first-order valence-corrected chi connectivity index (χ1v) is 22.5. The van der Waals surface area contributed by atoms with Gasteiger partial charge in [0.1, 0.15) is 0 Å². The standard InChI is InChI=1S/C61H47N5/c1-42-20-16-18-30-52(42)57-41-58(63-61(62-57)54-31-19-17-21-43(54)2)53-35-32-49(38-44(53)3)66-59-36-33-50(64(45-22-8-4-9-23-45)46-24-10-5-11-25-46)39-55(59)56-40-51(34-37-60(56)66)65(47-26-12-6-13-27-47)48-28-14-7-15-29-48/h4-41H,1-3H3. The van der Waals surface area contributed by atoms with Gasteiger partial charge in [-0.05, 0) is 141 Å². The lowest BCUT2D eigenvalue weighted by Crippen LogP contribution is -2.09. The second-order valence-electron chi connectivity index (χ2n) is 16.8. The van der Waals surface area contributed by atoms with Crippen LogP contribution in [0.1, 0.15) is 16.7 Å². The molecular formula is C61H47N5. The van der Waals surface area contributed by atoms with Gasteiger partial charge in [0, 0.05) is 67.3 Å². The van der Waals surface area contributed by atoms with Crippen LogP contribution in [0.15, 0.2) is 231 Å². The fourth-order valence-corrected chi connectivity index (χ4v) is 9.36. The first-order chi connectivity index (χ1) is 32.5. The molecule has 5 nitrogen and oxygen atoms in total. The minimum atomic E-state index is 0.724. The lowest BCUT2D eigenvalue weighted by Gasteiger charge is -2.26. The van der Waals surface area contributed by atoms with Gasteiger partial charge in [-0.2, -0.15) is 0 Å². The van der Waals surface area contributed by atoms with E-state index >= 15 is 0 Å². The van der Waals surface area contributed by atoms with Crippen molar-refractivity contribution in [3.05, 3.63) is 247 Å². The SMILES string of the molecule is Cc1ccccc1-c1cc(-c2ccc(-n3c4ccc(N(c5ccccc5)c5ccccc5)cc4c4cc(N(c5ccccc5)c5ccccc5)ccc43)cc2C)nc(-c2ccccc2C)n1. The van der Waals surface area contributed by atoms with E-state index < -0.39 is 0 Å². The van der Waals surface area contributed by atoms with E-state index in [1.165, 1.54) is 5.56 Å². The Bertz CT molecular complexity index is 3230. The number of hydrogen-bond donors (Lipinski definition) is 0. The first kappa shape index (κ1) is 40.2. The molecule has 0 saturated heterocycles. The Balaban J connectivity index is 1.11. The number of fused-ring (bicyclic) bond motifs is 3. The lowest BCUT2D eigenvalue weighted by atomic mass is 10.00. The molecule has 9 aromatic carbocycles. The summed E-state index contributed by atoms with van der Waals surface area (Å²) in [4.78, 5) is 15.1. The van der Waals surface area contributed by atoms with E-state index in [0.29, 0.717) is 0 Å². The topological polar surface area (TPSA) is 37.2 Å². The van der Waals surface area contributed by atoms with Crippen LogP contribution in [0.4, 0.5) is 34.1 Å². The lowest BCUT2D eigenvalue weighted by molar-refractivity contribution is 1.15. The van der Waals surface area contributed by atoms with Crippen molar-refractivity contribution in [1.82, 2.24) is 14.5 Å². The number of nitrogens with zero attached hydrogens (tertiary/aromatic N) is 5. The third kappa shape index (κ3) is 7.46. The third-order valence-corrected chi connectivity index (χ3v) is 12.6. The molecule has 0 unspecified atom stereocenters. The fraction of sp³-hybridized carbons (Fsp3) is 0.0492. The molecule has 2 aromatic heterocycles. The van der Waals surface area contributed by atoms with E-state index in [1.807, 2.05) is 0 Å². The zero-order valence-corrected chi connectivity index (χ0v) is 37.2. The summed E-state index contributed by atoms with van der Waals surface area (Å²) in [7, 11) is 0. The molecule has 0 spiro atoms. The van der Waals surface area contributed by atoms with Crippen molar-refractivity contribution in [3.8, 4) is 39.6 Å². The predicted octanol–water partition coefficient (Wildman–Crippen LogP) is 16.4. The maximum absolute atomic E-state index is 5.27. The number of hydrogen-bond acceptors (Lipinski definition) is 4. The highest BCUT2D eigenvalue weighted by atomic mass is 15.1. The Morgan fingerprint density at radius 3 is 1.14 bits per heavy atom. The van der Waals surface area contributed by atoms with Crippen molar-refractivity contribution in [3.63, 3.8) is 0 Å². The summed E-state index contributed by atoms with van der Waals surface area (Å²) in [5, 5.41) is 2.32. The van der Waals surface area contributed by atoms with E-state index in [0.717, 1.165) is 107 Å². The van der Waals surface area contributed by atoms with Gasteiger partial charge < -0.3 is 14.4 Å². The Morgan fingerprint density at radius 2 is 0.712 bits per heavy atom. The molecule has 0 N–H and O–H groups in total. The summed E-state index contributed by atoms with van der Waals surface area (Å²) in [5.41, 5.74) is 18.3. The molecule has 0 radical (unpaired) electrons. The number of rotatable bonds is 10. The number of benzene rings is 9. The minimum Gasteiger partial charge on any atom is -0.310 e. The summed E-state index contributed by atoms with van der Waals surface area (Å²) in [6, 6.07) is 82.0. The van der Waals surface area contributed by atoms with Crippen LogP contribution in [-0.2, 0) is 0 Å². The van der Waals surface area contributed by atoms with Crippen molar-refractivity contribution >= 4 is 55.9 Å². The van der Waals surface area contributed by atoms with E-state index in [4.69, 9.17) is 9.97 Å². The molecule has 0 aliphatic heterocycles. The Kier molecular flexibility index (Phi) is 10.5. The highest BCUT2D eigenvalue weighted by molar-refractivity contribution is 6.12. The highest BCUT2D eigenvalue weighted by Crippen LogP contribution is 2.43. The number of aryl methyl sites for hydroxylation is 3. The third-order valence-electron chi connectivity index (χ3n) is 12.6. The van der Waals surface area contributed by atoms with Crippen molar-refractivity contribution in [1.29, 1.82) is 0 Å². The summed E-state index contributed by atoms with van der Waals surface area (Å²) >= 11 is 0. The molecular weight excluding hydrogens is 803 g/mol. The van der Waals surface area contributed by atoms with Gasteiger partial charge >= 0.3 is 0 Å². The van der Waals surface area contributed by atoms with Crippen LogP contribution in [0.5, 0.6) is 0 Å². The van der Waals surface area contributed by atoms with E-state index in [-0.39, 0.29) is 0 Å². The molecule has 0 fully saturated rings. The van der Waals surface area contributed by atoms with Gasteiger partial charge in [0.05, 0.1) is 22.4 Å². The van der Waals surface area contributed by atoms with Gasteiger partial charge in [-0.1, -0.05) is 127 Å². The van der Waals surface area contributed by atoms with Crippen molar-refractivity contribution in [2.45, 2.75) is 20.8 Å². The molecule has 66 heavy (non-hydrogen) atoms. The molecule has 0 bridgehead atoms. The number of anilines is 6. The second-order valence-corrected chi connectivity index (χ2v) is 16.8. The van der Waals surface area contributed by atoms with Crippen LogP contribution in [0, 0.1) is 20.8 Å². The quantitative estimate of drug-likeness (QED) is 0.137. The minimum absolute atomic E-state index is 0.724. The fourth-order valence-electron chi connectivity index (χ4n) is 9.36. The first-order valence-electron chi connectivity index (χ1n) is 22.5. The molecule has 2 heterocycles. The Labute approximate surface area is 386 Å². The molecule has 5 heteroatoms. The number of aromatic nitrogens is 3. The van der Waals surface area contributed by atoms with Crippen LogP contribution in [0.2, 0.25) is 0 Å². The van der Waals surface area contributed by atoms with E-state index in [1.54, 1.807) is 0 Å². The average Bonchev–Trinajstić information content (AvgIpc) is 3.68. The molecule has 0 aliphatic carbocycles. The van der Waals surface area contributed by atoms with Crippen molar-refractivity contribution in [2.75, 3.05) is 9.80 Å². The summed E-state index contributed by atoms with van der Waals surface area (Å²) in [5.74, 6) is 0.724. The van der Waals surface area contributed by atoms with Crippen LogP contribution in [-0.4, -0.2) is 14.5 Å². The zero-order valence-electron chi connectivity index (χ0n) is 37.2. The van der Waals surface area contributed by atoms with E-state index in [9.17, 15) is 0 Å². The average molecular weight is 850 g/mol. The van der Waals surface area contributed by atoms with E-state index in [2.05, 4.69) is 266 Å². The van der Waals surface area contributed by atoms with Gasteiger partial charge in [-0.15, -0.1) is 0 Å². The number of para-hydroxylation sites is 4. The van der Waals surface area contributed by atoms with Crippen molar-refractivity contribution in [2.24, 2.45) is 0 Å². The molecule has 0 saturated carbocycles. The maximum Gasteiger partial charge on any atom is 0.160 e. The van der Waals surface area contributed by atoms with Gasteiger partial charge in [0.2, 0.25) is 0 Å². The predicted molar refractivity (Wildman–Crippen MR) is 276 cm³/mol. The summed E-state index contributed by atoms with van der Waals surface area (Å²) in [6.45, 7) is 6.46. The molecule has 0 aliphatic rings. The molecule has 316 valence electrons. The Morgan fingerprint density at radius 1 is 0.318 bits per heavy atom. The highest BCUT2D eigenvalue weighted by Gasteiger charge is 2.21. The maximum atomic E-state index is 5.27. The van der Waals surface area contributed by atoms with Crippen LogP contribution >= 0.6 is 0 Å². The molecule has 11 aromatic rings. The van der Waals surface area contributed by atoms with Gasteiger partial charge in [0.25, 0.3) is 0 Å².